The second-order valence-corrected chi connectivity index (χ2v) is 5.45. The molecular weight excluding hydrogens is 302 g/mol. The fourth-order valence-corrected chi connectivity index (χ4v) is 2.05. The molecule has 0 aromatic heterocycles. The van der Waals surface area contributed by atoms with Crippen LogP contribution in [0.4, 0.5) is 4.79 Å². The van der Waals surface area contributed by atoms with Gasteiger partial charge in [0.15, 0.2) is 0 Å². The number of ether oxygens (including phenoxy) is 1. The zero-order valence-electron chi connectivity index (χ0n) is 12.8. The number of phenols is 1. The van der Waals surface area contributed by atoms with Gasteiger partial charge in [0.05, 0.1) is 19.2 Å². The molecule has 1 aliphatic heterocycles. The Labute approximate surface area is 134 Å². The van der Waals surface area contributed by atoms with Crippen LogP contribution in [0.2, 0.25) is 0 Å². The summed E-state index contributed by atoms with van der Waals surface area (Å²) >= 11 is 0. The zero-order chi connectivity index (χ0) is 16.7. The first kappa shape index (κ1) is 17.3. The highest BCUT2D eigenvalue weighted by molar-refractivity contribution is 5.75. The minimum Gasteiger partial charge on any atom is -0.508 e. The van der Waals surface area contributed by atoms with E-state index in [4.69, 9.17) is 14.9 Å². The molecule has 5 N–H and O–H groups in total. The van der Waals surface area contributed by atoms with Gasteiger partial charge in [-0.05, 0) is 24.3 Å². The van der Waals surface area contributed by atoms with E-state index >= 15 is 0 Å². The minimum absolute atomic E-state index is 0.135. The van der Waals surface area contributed by atoms with Crippen LogP contribution < -0.4 is 15.4 Å². The summed E-state index contributed by atoms with van der Waals surface area (Å²) in [5.41, 5.74) is 0. The highest BCUT2D eigenvalue weighted by Crippen LogP contribution is 2.15. The number of aliphatic hydroxyl groups is 2. The van der Waals surface area contributed by atoms with Gasteiger partial charge in [-0.3, -0.25) is 0 Å². The number of benzene rings is 1. The average molecular weight is 325 g/mol. The standard InChI is InChI=1S/C15H23N3O5/c19-11-1-3-14(4-2-11)23-10-12(20)7-16-5-6-17-15(22)18-8-13(21)9-18/h1-4,12-13,16,19-21H,5-10H2,(H,17,22). The molecule has 23 heavy (non-hydrogen) atoms. The predicted molar refractivity (Wildman–Crippen MR) is 83.5 cm³/mol. The molecule has 0 radical (unpaired) electrons. The number of amides is 2. The number of aromatic hydroxyl groups is 1. The van der Waals surface area contributed by atoms with Crippen molar-refractivity contribution in [2.24, 2.45) is 0 Å². The summed E-state index contributed by atoms with van der Waals surface area (Å²) in [6.45, 7) is 2.21. The van der Waals surface area contributed by atoms with Gasteiger partial charge in [0.2, 0.25) is 0 Å². The second kappa shape index (κ2) is 8.56. The normalized spacial score (nSPS) is 15.8. The number of rotatable bonds is 8. The monoisotopic (exact) mass is 325 g/mol. The lowest BCUT2D eigenvalue weighted by molar-refractivity contribution is 0.0267. The van der Waals surface area contributed by atoms with Gasteiger partial charge in [0, 0.05) is 19.6 Å². The number of nitrogens with zero attached hydrogens (tertiary/aromatic N) is 1. The molecule has 2 rings (SSSR count). The van der Waals surface area contributed by atoms with Gasteiger partial charge in [0.1, 0.15) is 24.2 Å². The van der Waals surface area contributed by atoms with Crippen molar-refractivity contribution in [2.45, 2.75) is 12.2 Å². The van der Waals surface area contributed by atoms with Crippen molar-refractivity contribution in [3.8, 4) is 11.5 Å². The lowest BCUT2D eigenvalue weighted by Gasteiger charge is -2.35. The molecule has 2 amide bonds. The Morgan fingerprint density at radius 3 is 2.65 bits per heavy atom. The van der Waals surface area contributed by atoms with Crippen molar-refractivity contribution in [3.05, 3.63) is 24.3 Å². The highest BCUT2D eigenvalue weighted by Gasteiger charge is 2.28. The number of β-amino-alcohol motifs (C(OH)–C–C–N with tert-alkyl or cyclic N) is 1. The summed E-state index contributed by atoms with van der Waals surface area (Å²) in [5, 5.41) is 33.8. The van der Waals surface area contributed by atoms with Gasteiger partial charge in [-0.25, -0.2) is 4.79 Å². The summed E-state index contributed by atoms with van der Waals surface area (Å²) in [5.74, 6) is 0.736. The van der Waals surface area contributed by atoms with E-state index in [9.17, 15) is 9.90 Å². The van der Waals surface area contributed by atoms with Gasteiger partial charge in [-0.15, -0.1) is 0 Å². The van der Waals surface area contributed by atoms with Crippen LogP contribution in [0.1, 0.15) is 0 Å². The highest BCUT2D eigenvalue weighted by atomic mass is 16.5. The molecule has 0 bridgehead atoms. The molecule has 0 aliphatic carbocycles. The summed E-state index contributed by atoms with van der Waals surface area (Å²) in [7, 11) is 0. The van der Waals surface area contributed by atoms with Crippen LogP contribution in [0.5, 0.6) is 11.5 Å². The Hall–Kier alpha value is -2.03. The Bertz CT molecular complexity index is 490. The Morgan fingerprint density at radius 2 is 2.00 bits per heavy atom. The maximum atomic E-state index is 11.5. The molecule has 1 saturated heterocycles. The summed E-state index contributed by atoms with van der Waals surface area (Å²) in [6.07, 6.45) is -1.08. The van der Waals surface area contributed by atoms with Crippen LogP contribution in [0, 0.1) is 0 Å². The predicted octanol–water partition coefficient (Wildman–Crippen LogP) is -0.892. The number of carbonyl (C=O) groups excluding carboxylic acids is 1. The molecule has 0 spiro atoms. The maximum absolute atomic E-state index is 11.5. The van der Waals surface area contributed by atoms with E-state index in [1.807, 2.05) is 0 Å². The molecule has 1 atom stereocenters. The number of carbonyl (C=O) groups is 1. The number of nitrogens with one attached hydrogen (secondary N) is 2. The summed E-state index contributed by atoms with van der Waals surface area (Å²) in [6, 6.07) is 6.09. The quantitative estimate of drug-likeness (QED) is 0.396. The molecular formula is C15H23N3O5. The van der Waals surface area contributed by atoms with Crippen molar-refractivity contribution in [1.29, 1.82) is 0 Å². The number of aliphatic hydroxyl groups excluding tert-OH is 2. The third-order valence-corrected chi connectivity index (χ3v) is 3.39. The van der Waals surface area contributed by atoms with Gasteiger partial charge < -0.3 is 35.6 Å². The van der Waals surface area contributed by atoms with Crippen LogP contribution in [-0.2, 0) is 0 Å². The smallest absolute Gasteiger partial charge is 0.317 e. The van der Waals surface area contributed by atoms with E-state index in [0.717, 1.165) is 0 Å². The minimum atomic E-state index is -0.676. The number of urea groups is 1. The third kappa shape index (κ3) is 5.93. The van der Waals surface area contributed by atoms with Crippen LogP contribution in [0.25, 0.3) is 0 Å². The van der Waals surface area contributed by atoms with Crippen molar-refractivity contribution < 1.29 is 24.9 Å². The van der Waals surface area contributed by atoms with Crippen molar-refractivity contribution in [2.75, 3.05) is 39.3 Å². The van der Waals surface area contributed by atoms with Crippen molar-refractivity contribution in [3.63, 3.8) is 0 Å². The lowest BCUT2D eigenvalue weighted by Crippen LogP contribution is -2.57. The van der Waals surface area contributed by atoms with Gasteiger partial charge in [-0.1, -0.05) is 0 Å². The molecule has 8 nitrogen and oxygen atoms in total. The van der Waals surface area contributed by atoms with Crippen molar-refractivity contribution in [1.82, 2.24) is 15.5 Å². The van der Waals surface area contributed by atoms with E-state index in [0.29, 0.717) is 38.5 Å². The van der Waals surface area contributed by atoms with E-state index in [-0.39, 0.29) is 18.4 Å². The van der Waals surface area contributed by atoms with E-state index < -0.39 is 12.2 Å². The van der Waals surface area contributed by atoms with Gasteiger partial charge in [-0.2, -0.15) is 0 Å². The molecule has 1 unspecified atom stereocenters. The van der Waals surface area contributed by atoms with E-state index in [1.165, 1.54) is 17.0 Å². The zero-order valence-corrected chi connectivity index (χ0v) is 12.8. The third-order valence-electron chi connectivity index (χ3n) is 3.39. The fourth-order valence-electron chi connectivity index (χ4n) is 2.05. The van der Waals surface area contributed by atoms with Gasteiger partial charge in [0.25, 0.3) is 0 Å². The lowest BCUT2D eigenvalue weighted by atomic mass is 10.2. The molecule has 8 heteroatoms. The number of hydrogen-bond donors (Lipinski definition) is 5. The van der Waals surface area contributed by atoms with Gasteiger partial charge >= 0.3 is 6.03 Å². The number of likely N-dealkylation sites (tertiary alicyclic amines) is 1. The molecule has 128 valence electrons. The number of phenolic OH excluding ortho intramolecular Hbond substituents is 1. The molecule has 1 fully saturated rings. The second-order valence-electron chi connectivity index (χ2n) is 5.45. The Balaban J connectivity index is 1.49. The first-order valence-corrected chi connectivity index (χ1v) is 7.56. The molecule has 1 heterocycles. The topological polar surface area (TPSA) is 114 Å². The SMILES string of the molecule is O=C(NCCNCC(O)COc1ccc(O)cc1)N1CC(O)C1. The maximum Gasteiger partial charge on any atom is 0.317 e. The van der Waals surface area contributed by atoms with Crippen LogP contribution in [0.3, 0.4) is 0 Å². The summed E-state index contributed by atoms with van der Waals surface area (Å²) < 4.78 is 5.38. The first-order valence-electron chi connectivity index (χ1n) is 7.56. The van der Waals surface area contributed by atoms with E-state index in [1.54, 1.807) is 12.1 Å². The largest absolute Gasteiger partial charge is 0.508 e. The first-order chi connectivity index (χ1) is 11.0. The number of hydrogen-bond acceptors (Lipinski definition) is 6. The van der Waals surface area contributed by atoms with E-state index in [2.05, 4.69) is 10.6 Å². The fraction of sp³-hybridized carbons (Fsp3) is 0.533. The molecule has 1 aromatic carbocycles. The molecule has 1 aliphatic rings. The van der Waals surface area contributed by atoms with Crippen LogP contribution >= 0.6 is 0 Å². The van der Waals surface area contributed by atoms with Crippen LogP contribution in [0.15, 0.2) is 24.3 Å². The molecule has 1 aromatic rings. The summed E-state index contributed by atoms with van der Waals surface area (Å²) in [4.78, 5) is 13.1. The molecule has 0 saturated carbocycles. The van der Waals surface area contributed by atoms with Crippen LogP contribution in [-0.4, -0.2) is 77.8 Å². The Kier molecular flexibility index (Phi) is 6.45. The average Bonchev–Trinajstić information content (AvgIpc) is 2.50. The van der Waals surface area contributed by atoms with Crippen molar-refractivity contribution >= 4 is 6.03 Å². The Morgan fingerprint density at radius 1 is 1.30 bits per heavy atom.